The first-order chi connectivity index (χ1) is 5.97. The first kappa shape index (κ1) is 9.95. The van der Waals surface area contributed by atoms with E-state index in [4.69, 9.17) is 16.6 Å². The summed E-state index contributed by atoms with van der Waals surface area (Å²) >= 11 is 0. The lowest BCUT2D eigenvalue weighted by Gasteiger charge is -2.22. The van der Waals surface area contributed by atoms with E-state index in [0.717, 1.165) is 0 Å². The van der Waals surface area contributed by atoms with E-state index >= 15 is 0 Å². The van der Waals surface area contributed by atoms with Gasteiger partial charge in [-0.3, -0.25) is 0 Å². The van der Waals surface area contributed by atoms with Gasteiger partial charge in [0.15, 0.2) is 0 Å². The molecule has 5 N–H and O–H groups in total. The molecule has 1 aromatic rings. The zero-order valence-electron chi connectivity index (χ0n) is 7.42. The summed E-state index contributed by atoms with van der Waals surface area (Å²) in [5.41, 5.74) is 10.6. The molecule has 1 rings (SSSR count). The van der Waals surface area contributed by atoms with E-state index in [1.807, 2.05) is 0 Å². The maximum atomic E-state index is 13.3. The largest absolute Gasteiger partial charge is 0.399 e. The molecule has 0 heterocycles. The average Bonchev–Trinajstić information content (AvgIpc) is 2.03. The van der Waals surface area contributed by atoms with Crippen molar-refractivity contribution < 1.29 is 9.50 Å². The molecule has 0 fully saturated rings. The zero-order valence-corrected chi connectivity index (χ0v) is 7.42. The number of hydrogen-bond acceptors (Lipinski definition) is 3. The molecule has 0 unspecified atom stereocenters. The van der Waals surface area contributed by atoms with Crippen LogP contribution >= 0.6 is 0 Å². The minimum Gasteiger partial charge on any atom is -0.399 e. The molecule has 4 heteroatoms. The van der Waals surface area contributed by atoms with Gasteiger partial charge in [-0.2, -0.15) is 0 Å². The Morgan fingerprint density at radius 1 is 1.54 bits per heavy atom. The highest BCUT2D eigenvalue weighted by Gasteiger charge is 2.23. The summed E-state index contributed by atoms with van der Waals surface area (Å²) in [4.78, 5) is 0. The summed E-state index contributed by atoms with van der Waals surface area (Å²) < 4.78 is 13.3. The molecule has 3 nitrogen and oxygen atoms in total. The second-order valence-corrected chi connectivity index (χ2v) is 3.31. The van der Waals surface area contributed by atoms with Crippen molar-refractivity contribution in [2.45, 2.75) is 12.5 Å². The third-order valence-electron chi connectivity index (χ3n) is 1.94. The second-order valence-electron chi connectivity index (χ2n) is 3.31. The summed E-state index contributed by atoms with van der Waals surface area (Å²) in [7, 11) is 0. The van der Waals surface area contributed by atoms with Gasteiger partial charge in [0.25, 0.3) is 0 Å². The van der Waals surface area contributed by atoms with E-state index < -0.39 is 11.4 Å². The van der Waals surface area contributed by atoms with Gasteiger partial charge in [-0.25, -0.2) is 4.39 Å². The van der Waals surface area contributed by atoms with E-state index in [-0.39, 0.29) is 12.2 Å². The lowest BCUT2D eigenvalue weighted by molar-refractivity contribution is 0.206. The van der Waals surface area contributed by atoms with Crippen molar-refractivity contribution in [3.8, 4) is 0 Å². The van der Waals surface area contributed by atoms with Crippen molar-refractivity contribution in [1.82, 2.24) is 0 Å². The van der Waals surface area contributed by atoms with E-state index in [2.05, 4.69) is 0 Å². The van der Waals surface area contributed by atoms with Gasteiger partial charge < -0.3 is 16.6 Å². The quantitative estimate of drug-likeness (QED) is 0.588. The van der Waals surface area contributed by atoms with Gasteiger partial charge in [-0.1, -0.05) is 6.07 Å². The molecule has 1 aromatic carbocycles. The molecule has 0 saturated carbocycles. The molecule has 0 aliphatic heterocycles. The minimum absolute atomic E-state index is 0.268. The number of nitrogens with two attached hydrogens (primary N) is 2. The molecule has 0 aliphatic carbocycles. The van der Waals surface area contributed by atoms with Crippen LogP contribution < -0.4 is 11.5 Å². The maximum Gasteiger partial charge on any atom is 0.130 e. The maximum absolute atomic E-state index is 13.3. The van der Waals surface area contributed by atoms with E-state index in [0.29, 0.717) is 5.69 Å². The van der Waals surface area contributed by atoms with Crippen molar-refractivity contribution >= 4 is 5.69 Å². The van der Waals surface area contributed by atoms with Gasteiger partial charge in [0, 0.05) is 11.3 Å². The highest BCUT2D eigenvalue weighted by Crippen LogP contribution is 2.22. The number of aliphatic hydroxyl groups is 1. The molecule has 0 radical (unpaired) electrons. The van der Waals surface area contributed by atoms with E-state index in [1.54, 1.807) is 13.0 Å². The van der Waals surface area contributed by atoms with E-state index in [1.165, 1.54) is 12.1 Å². The fourth-order valence-electron chi connectivity index (χ4n) is 1.08. The fourth-order valence-corrected chi connectivity index (χ4v) is 1.08. The van der Waals surface area contributed by atoms with Crippen LogP contribution in [-0.4, -0.2) is 11.7 Å². The van der Waals surface area contributed by atoms with Gasteiger partial charge >= 0.3 is 0 Å². The van der Waals surface area contributed by atoms with Crippen molar-refractivity contribution in [1.29, 1.82) is 0 Å². The third-order valence-corrected chi connectivity index (χ3v) is 1.94. The Bertz CT molecular complexity index is 312. The summed E-state index contributed by atoms with van der Waals surface area (Å²) in [6, 6.07) is 4.23. The highest BCUT2D eigenvalue weighted by molar-refractivity contribution is 5.42. The second kappa shape index (κ2) is 3.32. The summed E-state index contributed by atoms with van der Waals surface area (Å²) in [5.74, 6) is -0.487. The SMILES string of the molecule is C[C@@](N)(CO)c1ccc(N)cc1F. The van der Waals surface area contributed by atoms with Gasteiger partial charge in [0.1, 0.15) is 5.82 Å². The van der Waals surface area contributed by atoms with Crippen LogP contribution in [0.3, 0.4) is 0 Å². The van der Waals surface area contributed by atoms with Crippen LogP contribution in [-0.2, 0) is 5.54 Å². The van der Waals surface area contributed by atoms with Crippen molar-refractivity contribution in [2.24, 2.45) is 5.73 Å². The number of halogens is 1. The molecule has 1 atom stereocenters. The first-order valence-electron chi connectivity index (χ1n) is 3.92. The Kier molecular flexibility index (Phi) is 2.54. The molecule has 0 aliphatic rings. The molecule has 0 saturated heterocycles. The topological polar surface area (TPSA) is 72.3 Å². The molecule has 0 spiro atoms. The normalized spacial score (nSPS) is 15.4. The van der Waals surface area contributed by atoms with Crippen LogP contribution in [0.5, 0.6) is 0 Å². The number of rotatable bonds is 2. The molecule has 0 aromatic heterocycles. The Morgan fingerprint density at radius 3 is 2.62 bits per heavy atom. The molecule has 0 amide bonds. The molecule has 0 bridgehead atoms. The van der Waals surface area contributed by atoms with Gasteiger partial charge in [0.05, 0.1) is 12.1 Å². The van der Waals surface area contributed by atoms with Crippen LogP contribution in [0.1, 0.15) is 12.5 Å². The number of anilines is 1. The van der Waals surface area contributed by atoms with Crippen molar-refractivity contribution in [2.75, 3.05) is 12.3 Å². The highest BCUT2D eigenvalue weighted by atomic mass is 19.1. The molecule has 72 valence electrons. The number of benzene rings is 1. The smallest absolute Gasteiger partial charge is 0.130 e. The van der Waals surface area contributed by atoms with Crippen LogP contribution in [0.25, 0.3) is 0 Å². The first-order valence-corrected chi connectivity index (χ1v) is 3.92. The molecular weight excluding hydrogens is 171 g/mol. The predicted octanol–water partition coefficient (Wildman–Crippen LogP) is 0.574. The van der Waals surface area contributed by atoms with Crippen molar-refractivity contribution in [3.63, 3.8) is 0 Å². The number of nitrogen functional groups attached to an aromatic ring is 1. The lowest BCUT2D eigenvalue weighted by atomic mass is 9.93. The molecular formula is C9H13FN2O. The van der Waals surface area contributed by atoms with E-state index in [9.17, 15) is 4.39 Å². The Labute approximate surface area is 76.2 Å². The van der Waals surface area contributed by atoms with Crippen LogP contribution in [0, 0.1) is 5.82 Å². The summed E-state index contributed by atoms with van der Waals surface area (Å²) in [6.07, 6.45) is 0. The van der Waals surface area contributed by atoms with Crippen LogP contribution in [0.15, 0.2) is 18.2 Å². The Balaban J connectivity index is 3.16. The monoisotopic (exact) mass is 184 g/mol. The van der Waals surface area contributed by atoms with Crippen LogP contribution in [0.2, 0.25) is 0 Å². The third kappa shape index (κ3) is 1.96. The lowest BCUT2D eigenvalue weighted by Crippen LogP contribution is -2.37. The van der Waals surface area contributed by atoms with Crippen molar-refractivity contribution in [3.05, 3.63) is 29.6 Å². The number of hydrogen-bond donors (Lipinski definition) is 3. The minimum atomic E-state index is -1.06. The van der Waals surface area contributed by atoms with Gasteiger partial charge in [0.2, 0.25) is 0 Å². The standard InChI is InChI=1S/C9H13FN2O/c1-9(12,5-13)7-3-2-6(11)4-8(7)10/h2-4,13H,5,11-12H2,1H3/t9-/m1/s1. The summed E-state index contributed by atoms with van der Waals surface area (Å²) in [5, 5.41) is 8.92. The average molecular weight is 184 g/mol. The summed E-state index contributed by atoms with van der Waals surface area (Å²) in [6.45, 7) is 1.25. The Morgan fingerprint density at radius 2 is 2.15 bits per heavy atom. The Hall–Kier alpha value is -1.13. The van der Waals surface area contributed by atoms with Gasteiger partial charge in [-0.05, 0) is 19.1 Å². The fraction of sp³-hybridized carbons (Fsp3) is 0.333. The molecule has 13 heavy (non-hydrogen) atoms. The number of aliphatic hydroxyl groups excluding tert-OH is 1. The van der Waals surface area contributed by atoms with Crippen LogP contribution in [0.4, 0.5) is 10.1 Å². The van der Waals surface area contributed by atoms with Gasteiger partial charge in [-0.15, -0.1) is 0 Å². The zero-order chi connectivity index (χ0) is 10.1. The predicted molar refractivity (Wildman–Crippen MR) is 49.4 cm³/mol.